The van der Waals surface area contributed by atoms with Gasteiger partial charge in [-0.1, -0.05) is 12.1 Å². The standard InChI is InChI=1S/C13H14ClNO3/c1-13(2)8-6-7(10(14)11(16)18-3)4-5-9(8)15-12(13)17/h4-6,10H,1-3H3,(H,15,17). The highest BCUT2D eigenvalue weighted by molar-refractivity contribution is 6.30. The molecule has 1 atom stereocenters. The van der Waals surface area contributed by atoms with Crippen LogP contribution in [0.5, 0.6) is 0 Å². The van der Waals surface area contributed by atoms with E-state index in [2.05, 4.69) is 10.1 Å². The van der Waals surface area contributed by atoms with Gasteiger partial charge < -0.3 is 10.1 Å². The summed E-state index contributed by atoms with van der Waals surface area (Å²) in [6, 6.07) is 5.26. The van der Waals surface area contributed by atoms with Crippen molar-refractivity contribution in [2.75, 3.05) is 12.4 Å². The fraction of sp³-hybridized carbons (Fsp3) is 0.385. The normalized spacial score (nSPS) is 17.9. The highest BCUT2D eigenvalue weighted by Crippen LogP contribution is 2.39. The van der Waals surface area contributed by atoms with Crippen molar-refractivity contribution in [3.8, 4) is 0 Å². The minimum Gasteiger partial charge on any atom is -0.468 e. The smallest absolute Gasteiger partial charge is 0.328 e. The summed E-state index contributed by atoms with van der Waals surface area (Å²) < 4.78 is 4.61. The Hall–Kier alpha value is -1.55. The Labute approximate surface area is 110 Å². The zero-order chi connectivity index (χ0) is 13.5. The van der Waals surface area contributed by atoms with Gasteiger partial charge in [0.2, 0.25) is 5.91 Å². The van der Waals surface area contributed by atoms with E-state index in [-0.39, 0.29) is 5.91 Å². The van der Waals surface area contributed by atoms with Crippen LogP contribution in [-0.4, -0.2) is 19.0 Å². The van der Waals surface area contributed by atoms with E-state index in [1.165, 1.54) is 7.11 Å². The van der Waals surface area contributed by atoms with Gasteiger partial charge in [0.05, 0.1) is 12.5 Å². The average Bonchev–Trinajstić information content (AvgIpc) is 2.58. The predicted molar refractivity (Wildman–Crippen MR) is 68.7 cm³/mol. The summed E-state index contributed by atoms with van der Waals surface area (Å²) in [4.78, 5) is 23.2. The topological polar surface area (TPSA) is 55.4 Å². The molecule has 0 fully saturated rings. The monoisotopic (exact) mass is 267 g/mol. The van der Waals surface area contributed by atoms with Crippen LogP contribution in [0, 0.1) is 0 Å². The van der Waals surface area contributed by atoms with Crippen LogP contribution in [0.3, 0.4) is 0 Å². The minimum absolute atomic E-state index is 0.0566. The molecule has 2 rings (SSSR count). The first-order chi connectivity index (χ1) is 8.37. The molecule has 0 saturated heterocycles. The molecule has 18 heavy (non-hydrogen) atoms. The number of carbonyl (C=O) groups is 2. The number of amides is 1. The van der Waals surface area contributed by atoms with E-state index in [0.717, 1.165) is 11.3 Å². The summed E-state index contributed by atoms with van der Waals surface area (Å²) in [5.74, 6) is -0.564. The van der Waals surface area contributed by atoms with E-state index in [1.54, 1.807) is 18.2 Å². The van der Waals surface area contributed by atoms with Gasteiger partial charge >= 0.3 is 5.97 Å². The summed E-state index contributed by atoms with van der Waals surface area (Å²) >= 11 is 6.01. The lowest BCUT2D eigenvalue weighted by molar-refractivity contribution is -0.140. The molecule has 1 aromatic carbocycles. The maximum atomic E-state index is 11.8. The number of fused-ring (bicyclic) bond motifs is 1. The first-order valence-electron chi connectivity index (χ1n) is 5.55. The number of rotatable bonds is 2. The molecule has 1 unspecified atom stereocenters. The lowest BCUT2D eigenvalue weighted by atomic mass is 9.85. The van der Waals surface area contributed by atoms with Crippen LogP contribution < -0.4 is 5.32 Å². The molecular weight excluding hydrogens is 254 g/mol. The van der Waals surface area contributed by atoms with Gasteiger partial charge in [0.1, 0.15) is 0 Å². The second-order valence-corrected chi connectivity index (χ2v) is 5.21. The molecular formula is C13H14ClNO3. The number of esters is 1. The fourth-order valence-electron chi connectivity index (χ4n) is 1.99. The molecule has 1 amide bonds. The lowest BCUT2D eigenvalue weighted by Crippen LogP contribution is -2.27. The molecule has 0 saturated carbocycles. The maximum Gasteiger partial charge on any atom is 0.328 e. The van der Waals surface area contributed by atoms with Gasteiger partial charge in [-0.2, -0.15) is 0 Å². The number of nitrogens with one attached hydrogen (secondary N) is 1. The number of hydrogen-bond acceptors (Lipinski definition) is 3. The largest absolute Gasteiger partial charge is 0.468 e. The highest BCUT2D eigenvalue weighted by atomic mass is 35.5. The van der Waals surface area contributed by atoms with Gasteiger partial charge in [-0.15, -0.1) is 11.6 Å². The van der Waals surface area contributed by atoms with E-state index < -0.39 is 16.8 Å². The van der Waals surface area contributed by atoms with Gasteiger partial charge in [-0.25, -0.2) is 0 Å². The summed E-state index contributed by atoms with van der Waals surface area (Å²) in [6.45, 7) is 3.67. The molecule has 0 spiro atoms. The molecule has 1 aliphatic heterocycles. The van der Waals surface area contributed by atoms with Crippen LogP contribution in [0.15, 0.2) is 18.2 Å². The Balaban J connectivity index is 2.43. The van der Waals surface area contributed by atoms with Crippen LogP contribution >= 0.6 is 11.6 Å². The lowest BCUT2D eigenvalue weighted by Gasteiger charge is -2.16. The Bertz CT molecular complexity index is 525. The van der Waals surface area contributed by atoms with E-state index in [4.69, 9.17) is 11.6 Å². The zero-order valence-corrected chi connectivity index (χ0v) is 11.2. The maximum absolute atomic E-state index is 11.8. The van der Waals surface area contributed by atoms with Crippen molar-refractivity contribution in [2.24, 2.45) is 0 Å². The summed E-state index contributed by atoms with van der Waals surface area (Å²) in [5, 5.41) is 1.94. The van der Waals surface area contributed by atoms with Crippen molar-refractivity contribution in [3.05, 3.63) is 29.3 Å². The van der Waals surface area contributed by atoms with Gasteiger partial charge in [0.15, 0.2) is 5.38 Å². The van der Waals surface area contributed by atoms with Crippen molar-refractivity contribution in [1.82, 2.24) is 0 Å². The quantitative estimate of drug-likeness (QED) is 0.661. The third kappa shape index (κ3) is 1.86. The van der Waals surface area contributed by atoms with Crippen molar-refractivity contribution < 1.29 is 14.3 Å². The van der Waals surface area contributed by atoms with Crippen LogP contribution in [0.4, 0.5) is 5.69 Å². The molecule has 1 aromatic rings. The van der Waals surface area contributed by atoms with Crippen molar-refractivity contribution in [1.29, 1.82) is 0 Å². The van der Waals surface area contributed by atoms with Crippen LogP contribution in [0.25, 0.3) is 0 Å². The van der Waals surface area contributed by atoms with Crippen molar-refractivity contribution >= 4 is 29.2 Å². The SMILES string of the molecule is COC(=O)C(Cl)c1ccc2c(c1)C(C)(C)C(=O)N2. The first kappa shape index (κ1) is 12.9. The minimum atomic E-state index is -0.855. The van der Waals surface area contributed by atoms with Crippen LogP contribution in [-0.2, 0) is 19.7 Å². The van der Waals surface area contributed by atoms with Crippen LogP contribution in [0.1, 0.15) is 30.4 Å². The zero-order valence-electron chi connectivity index (χ0n) is 10.4. The van der Waals surface area contributed by atoms with Gasteiger partial charge in [0, 0.05) is 5.69 Å². The molecule has 0 aliphatic carbocycles. The van der Waals surface area contributed by atoms with Gasteiger partial charge in [-0.3, -0.25) is 9.59 Å². The Morgan fingerprint density at radius 3 is 2.72 bits per heavy atom. The number of anilines is 1. The Morgan fingerprint density at radius 1 is 1.44 bits per heavy atom. The van der Waals surface area contributed by atoms with Gasteiger partial charge in [-0.05, 0) is 31.0 Å². The number of hydrogen-bond donors (Lipinski definition) is 1. The third-order valence-corrected chi connectivity index (χ3v) is 3.66. The molecule has 0 aromatic heterocycles. The summed E-state index contributed by atoms with van der Waals surface area (Å²) in [5.41, 5.74) is 1.63. The number of benzene rings is 1. The van der Waals surface area contributed by atoms with Crippen molar-refractivity contribution in [3.63, 3.8) is 0 Å². The average molecular weight is 268 g/mol. The summed E-state index contributed by atoms with van der Waals surface area (Å²) in [6.07, 6.45) is 0. The van der Waals surface area contributed by atoms with Crippen LogP contribution in [0.2, 0.25) is 0 Å². The number of methoxy groups -OCH3 is 1. The molecule has 1 aliphatic rings. The first-order valence-corrected chi connectivity index (χ1v) is 5.99. The second kappa shape index (κ2) is 4.28. The third-order valence-electron chi connectivity index (χ3n) is 3.23. The van der Waals surface area contributed by atoms with Gasteiger partial charge in [0.25, 0.3) is 0 Å². The highest BCUT2D eigenvalue weighted by Gasteiger charge is 2.38. The number of ether oxygens (including phenoxy) is 1. The van der Waals surface area contributed by atoms with E-state index in [1.807, 2.05) is 13.8 Å². The molecule has 5 heteroatoms. The molecule has 1 heterocycles. The number of carbonyl (C=O) groups excluding carboxylic acids is 2. The number of halogens is 1. The Kier molecular flexibility index (Phi) is 3.07. The van der Waals surface area contributed by atoms with E-state index in [0.29, 0.717) is 5.56 Å². The molecule has 0 bridgehead atoms. The Morgan fingerprint density at radius 2 is 2.11 bits per heavy atom. The molecule has 1 N–H and O–H groups in total. The second-order valence-electron chi connectivity index (χ2n) is 4.77. The molecule has 96 valence electrons. The fourth-order valence-corrected chi connectivity index (χ4v) is 2.21. The van der Waals surface area contributed by atoms with E-state index in [9.17, 15) is 9.59 Å². The molecule has 4 nitrogen and oxygen atoms in total. The number of alkyl halides is 1. The predicted octanol–water partition coefficient (Wildman–Crippen LogP) is 2.37. The van der Waals surface area contributed by atoms with Crippen molar-refractivity contribution in [2.45, 2.75) is 24.6 Å². The summed E-state index contributed by atoms with van der Waals surface area (Å²) in [7, 11) is 1.29. The molecule has 0 radical (unpaired) electrons. The van der Waals surface area contributed by atoms with E-state index >= 15 is 0 Å².